The number of ether oxygens (including phenoxy) is 1. The van der Waals surface area contributed by atoms with Crippen molar-refractivity contribution < 1.29 is 19.4 Å². The van der Waals surface area contributed by atoms with Crippen molar-refractivity contribution in [1.82, 2.24) is 10.2 Å². The molecule has 1 unspecified atom stereocenters. The largest absolute Gasteiger partial charge is 0.481 e. The van der Waals surface area contributed by atoms with Crippen molar-refractivity contribution in [3.8, 4) is 0 Å². The molecule has 2 rings (SSSR count). The van der Waals surface area contributed by atoms with Crippen LogP contribution >= 0.6 is 0 Å². The summed E-state index contributed by atoms with van der Waals surface area (Å²) < 4.78 is 5.65. The molecule has 2 N–H and O–H groups in total. The quantitative estimate of drug-likeness (QED) is 0.553. The van der Waals surface area contributed by atoms with Gasteiger partial charge in [0.2, 0.25) is 0 Å². The number of aliphatic carboxylic acids is 1. The van der Waals surface area contributed by atoms with Gasteiger partial charge in [-0.1, -0.05) is 6.08 Å². The Kier molecular flexibility index (Phi) is 7.47. The molecule has 6 heteroatoms. The summed E-state index contributed by atoms with van der Waals surface area (Å²) in [5.74, 6) is -0.689. The van der Waals surface area contributed by atoms with Crippen LogP contribution in [0.25, 0.3) is 0 Å². The number of esters is 1. The summed E-state index contributed by atoms with van der Waals surface area (Å²) in [7, 11) is 0. The van der Waals surface area contributed by atoms with Crippen LogP contribution in [0, 0.1) is 0 Å². The molecular weight excluding hydrogens is 356 g/mol. The number of fused-ring (bicyclic) bond motifs is 1. The lowest BCUT2D eigenvalue weighted by Crippen LogP contribution is -2.39. The van der Waals surface area contributed by atoms with Gasteiger partial charge in [0.15, 0.2) is 0 Å². The van der Waals surface area contributed by atoms with E-state index in [1.807, 2.05) is 12.2 Å². The molecule has 0 radical (unpaired) electrons. The number of carbonyl (C=O) groups excluding carboxylic acids is 1. The number of nitrogens with zero attached hydrogens (tertiary/aromatic N) is 1. The van der Waals surface area contributed by atoms with E-state index >= 15 is 0 Å². The molecule has 0 aromatic carbocycles. The van der Waals surface area contributed by atoms with E-state index in [1.54, 1.807) is 0 Å². The predicted molar refractivity (Wildman–Crippen MR) is 110 cm³/mol. The van der Waals surface area contributed by atoms with Gasteiger partial charge in [0.05, 0.1) is 5.54 Å². The number of carbonyl (C=O) groups is 2. The minimum absolute atomic E-state index is 0.0263. The summed E-state index contributed by atoms with van der Waals surface area (Å²) in [6.07, 6.45) is 8.02. The van der Waals surface area contributed by atoms with Crippen molar-refractivity contribution >= 4 is 11.9 Å². The first-order valence-corrected chi connectivity index (χ1v) is 10.2. The standard InChI is InChI=1S/C22H34N2O4/c1-15(2)24(16(3)4)13-11-17-14-23-22(5)12-7-8-18(21(17)22)28-20(27)10-6-9-19(25)26/h7-8,14-16,23H,6,9-13H2,1-5H3,(H,25,26). The number of hydrogen-bond donors (Lipinski definition) is 2. The van der Waals surface area contributed by atoms with E-state index in [-0.39, 0.29) is 30.8 Å². The van der Waals surface area contributed by atoms with Crippen LogP contribution in [0.1, 0.15) is 66.7 Å². The Hall–Kier alpha value is -2.08. The maximum absolute atomic E-state index is 12.2. The molecule has 0 fully saturated rings. The minimum Gasteiger partial charge on any atom is -0.481 e. The summed E-state index contributed by atoms with van der Waals surface area (Å²) >= 11 is 0. The van der Waals surface area contributed by atoms with Crippen LogP contribution in [0.2, 0.25) is 0 Å². The summed E-state index contributed by atoms with van der Waals surface area (Å²) in [5.41, 5.74) is 1.96. The Balaban J connectivity index is 2.12. The average Bonchev–Trinajstić information content (AvgIpc) is 2.91. The molecule has 0 aromatic heterocycles. The first-order valence-electron chi connectivity index (χ1n) is 10.2. The monoisotopic (exact) mass is 390 g/mol. The van der Waals surface area contributed by atoms with Crippen LogP contribution in [0.15, 0.2) is 35.3 Å². The van der Waals surface area contributed by atoms with Gasteiger partial charge in [-0.25, -0.2) is 0 Å². The van der Waals surface area contributed by atoms with E-state index < -0.39 is 5.97 Å². The fraction of sp³-hybridized carbons (Fsp3) is 0.636. The Labute approximate surface area is 168 Å². The SMILES string of the molecule is CC(C)N(CCC1=CNC2(C)CC=CC(OC(=O)CCCC(=O)O)=C12)C(C)C. The Morgan fingerprint density at radius 2 is 1.93 bits per heavy atom. The third-order valence-electron chi connectivity index (χ3n) is 5.44. The number of nitrogens with one attached hydrogen (secondary N) is 1. The predicted octanol–water partition coefficient (Wildman–Crippen LogP) is 3.75. The van der Waals surface area contributed by atoms with Gasteiger partial charge in [-0.15, -0.1) is 0 Å². The Morgan fingerprint density at radius 3 is 2.54 bits per heavy atom. The van der Waals surface area contributed by atoms with Crippen LogP contribution in [0.3, 0.4) is 0 Å². The van der Waals surface area contributed by atoms with E-state index in [0.29, 0.717) is 17.8 Å². The molecule has 0 spiro atoms. The van der Waals surface area contributed by atoms with Gasteiger partial charge >= 0.3 is 11.9 Å². The van der Waals surface area contributed by atoms with Crippen molar-refractivity contribution in [3.63, 3.8) is 0 Å². The number of carboxylic acids is 1. The zero-order valence-electron chi connectivity index (χ0n) is 17.7. The first-order chi connectivity index (χ1) is 13.1. The fourth-order valence-electron chi connectivity index (χ4n) is 4.02. The average molecular weight is 391 g/mol. The first kappa shape index (κ1) is 22.2. The van der Waals surface area contributed by atoms with Gasteiger partial charge in [-0.05, 0) is 65.5 Å². The highest BCUT2D eigenvalue weighted by atomic mass is 16.5. The molecule has 6 nitrogen and oxygen atoms in total. The highest BCUT2D eigenvalue weighted by Crippen LogP contribution is 2.40. The Bertz CT molecular complexity index is 683. The van der Waals surface area contributed by atoms with E-state index in [1.165, 1.54) is 5.57 Å². The Morgan fingerprint density at radius 1 is 1.25 bits per heavy atom. The number of hydrogen-bond acceptors (Lipinski definition) is 5. The van der Waals surface area contributed by atoms with Crippen LogP contribution in [-0.4, -0.2) is 46.1 Å². The molecule has 1 aliphatic carbocycles. The molecule has 0 saturated heterocycles. The second-order valence-corrected chi connectivity index (χ2v) is 8.39. The van der Waals surface area contributed by atoms with Gasteiger partial charge in [-0.2, -0.15) is 0 Å². The molecule has 2 aliphatic rings. The summed E-state index contributed by atoms with van der Waals surface area (Å²) in [5, 5.41) is 12.2. The van der Waals surface area contributed by atoms with Gasteiger partial charge < -0.3 is 15.2 Å². The van der Waals surface area contributed by atoms with Crippen LogP contribution in [0.5, 0.6) is 0 Å². The third kappa shape index (κ3) is 5.47. The number of rotatable bonds is 10. The minimum atomic E-state index is -0.898. The lowest BCUT2D eigenvalue weighted by molar-refractivity contribution is -0.140. The van der Waals surface area contributed by atoms with E-state index in [0.717, 1.165) is 25.0 Å². The molecule has 1 heterocycles. The molecule has 156 valence electrons. The van der Waals surface area contributed by atoms with Crippen LogP contribution < -0.4 is 5.32 Å². The van der Waals surface area contributed by atoms with E-state index in [4.69, 9.17) is 9.84 Å². The van der Waals surface area contributed by atoms with Gasteiger partial charge in [0, 0.05) is 43.2 Å². The molecule has 0 aromatic rings. The van der Waals surface area contributed by atoms with Gasteiger partial charge in [0.25, 0.3) is 0 Å². The summed E-state index contributed by atoms with van der Waals surface area (Å²) in [4.78, 5) is 25.3. The summed E-state index contributed by atoms with van der Waals surface area (Å²) in [6, 6.07) is 0.932. The molecule has 0 bridgehead atoms. The third-order valence-corrected chi connectivity index (χ3v) is 5.44. The van der Waals surface area contributed by atoms with Crippen molar-refractivity contribution in [3.05, 3.63) is 35.3 Å². The van der Waals surface area contributed by atoms with Crippen LogP contribution in [-0.2, 0) is 14.3 Å². The molecule has 0 amide bonds. The normalized spacial score (nSPS) is 21.2. The van der Waals surface area contributed by atoms with Gasteiger partial charge in [0.1, 0.15) is 5.76 Å². The lowest BCUT2D eigenvalue weighted by atomic mass is 9.82. The molecular formula is C22H34N2O4. The molecule has 1 atom stereocenters. The van der Waals surface area contributed by atoms with E-state index in [2.05, 4.69) is 51.0 Å². The lowest BCUT2D eigenvalue weighted by Gasteiger charge is -2.33. The second kappa shape index (κ2) is 9.41. The molecule has 1 aliphatic heterocycles. The molecule has 28 heavy (non-hydrogen) atoms. The highest BCUT2D eigenvalue weighted by molar-refractivity contribution is 5.73. The van der Waals surface area contributed by atoms with Gasteiger partial charge in [-0.3, -0.25) is 14.5 Å². The summed E-state index contributed by atoms with van der Waals surface area (Å²) in [6.45, 7) is 11.9. The van der Waals surface area contributed by atoms with E-state index in [9.17, 15) is 9.59 Å². The second-order valence-electron chi connectivity index (χ2n) is 8.39. The van der Waals surface area contributed by atoms with Crippen molar-refractivity contribution in [2.24, 2.45) is 0 Å². The number of allylic oxidation sites excluding steroid dienone is 1. The molecule has 0 saturated carbocycles. The van der Waals surface area contributed by atoms with Crippen molar-refractivity contribution in [1.29, 1.82) is 0 Å². The zero-order valence-corrected chi connectivity index (χ0v) is 17.7. The maximum atomic E-state index is 12.2. The topological polar surface area (TPSA) is 78.9 Å². The van der Waals surface area contributed by atoms with Crippen LogP contribution in [0.4, 0.5) is 0 Å². The highest BCUT2D eigenvalue weighted by Gasteiger charge is 2.39. The van der Waals surface area contributed by atoms with Crippen molar-refractivity contribution in [2.45, 2.75) is 84.3 Å². The number of carboxylic acid groups (broad SMARTS) is 1. The van der Waals surface area contributed by atoms with Crippen molar-refractivity contribution in [2.75, 3.05) is 6.54 Å². The fourth-order valence-corrected chi connectivity index (χ4v) is 4.02. The zero-order chi connectivity index (χ0) is 20.9. The maximum Gasteiger partial charge on any atom is 0.311 e. The smallest absolute Gasteiger partial charge is 0.311 e.